The summed E-state index contributed by atoms with van der Waals surface area (Å²) < 4.78 is 7.97. The van der Waals surface area contributed by atoms with E-state index in [0.29, 0.717) is 21.6 Å². The predicted molar refractivity (Wildman–Crippen MR) is 112 cm³/mol. The van der Waals surface area contributed by atoms with Crippen LogP contribution in [0.5, 0.6) is 11.6 Å². The number of benzene rings is 3. The Balaban J connectivity index is 1.73. The van der Waals surface area contributed by atoms with Crippen molar-refractivity contribution in [2.75, 3.05) is 0 Å². The Morgan fingerprint density at radius 1 is 0.931 bits per heavy atom. The molecule has 0 bridgehead atoms. The summed E-state index contributed by atoms with van der Waals surface area (Å²) in [7, 11) is 0. The lowest BCUT2D eigenvalue weighted by molar-refractivity contribution is 0.437. The highest BCUT2D eigenvalue weighted by Gasteiger charge is 2.34. The molecule has 1 aliphatic heterocycles. The SMILES string of the molecule is Clc1ccc([C@@H]2c3cc(Cl)c4ccccc4c3Oc3ncn4ncnc4c32)cc1. The average molecular weight is 419 g/mol. The molecule has 5 nitrogen and oxygen atoms in total. The van der Waals surface area contributed by atoms with Gasteiger partial charge in [-0.1, -0.05) is 59.6 Å². The van der Waals surface area contributed by atoms with Gasteiger partial charge >= 0.3 is 0 Å². The summed E-state index contributed by atoms with van der Waals surface area (Å²) in [6, 6.07) is 17.7. The summed E-state index contributed by atoms with van der Waals surface area (Å²) in [4.78, 5) is 8.98. The van der Waals surface area contributed by atoms with Crippen LogP contribution in [0, 0.1) is 0 Å². The van der Waals surface area contributed by atoms with E-state index in [2.05, 4.69) is 15.1 Å². The second-order valence-corrected chi connectivity index (χ2v) is 7.74. The highest BCUT2D eigenvalue weighted by atomic mass is 35.5. The van der Waals surface area contributed by atoms with Crippen LogP contribution in [0.1, 0.15) is 22.6 Å². The molecule has 3 aromatic carbocycles. The van der Waals surface area contributed by atoms with Crippen LogP contribution >= 0.6 is 23.2 Å². The third kappa shape index (κ3) is 2.44. The van der Waals surface area contributed by atoms with Gasteiger partial charge in [-0.05, 0) is 23.8 Å². The maximum Gasteiger partial charge on any atom is 0.228 e. The monoisotopic (exact) mass is 418 g/mol. The molecule has 0 amide bonds. The van der Waals surface area contributed by atoms with Gasteiger partial charge in [0.25, 0.3) is 0 Å². The van der Waals surface area contributed by atoms with E-state index in [0.717, 1.165) is 33.2 Å². The topological polar surface area (TPSA) is 52.3 Å². The van der Waals surface area contributed by atoms with Crippen molar-refractivity contribution in [3.63, 3.8) is 0 Å². The molecule has 0 saturated heterocycles. The van der Waals surface area contributed by atoms with E-state index in [1.807, 2.05) is 54.6 Å². The fraction of sp³-hybridized carbons (Fsp3) is 0.0455. The summed E-state index contributed by atoms with van der Waals surface area (Å²) in [5, 5.41) is 7.47. The lowest BCUT2D eigenvalue weighted by atomic mass is 9.83. The number of ether oxygens (including phenoxy) is 1. The molecule has 0 saturated carbocycles. The number of hydrogen-bond donors (Lipinski definition) is 0. The van der Waals surface area contributed by atoms with Crippen molar-refractivity contribution in [1.29, 1.82) is 0 Å². The van der Waals surface area contributed by atoms with Gasteiger partial charge in [-0.25, -0.2) is 14.5 Å². The summed E-state index contributed by atoms with van der Waals surface area (Å²) in [5.41, 5.74) is 3.56. The first-order chi connectivity index (χ1) is 14.2. The van der Waals surface area contributed by atoms with Crippen LogP contribution in [0.2, 0.25) is 10.0 Å². The fourth-order valence-corrected chi connectivity index (χ4v) is 4.45. The Kier molecular flexibility index (Phi) is 3.57. The Morgan fingerprint density at radius 2 is 1.72 bits per heavy atom. The van der Waals surface area contributed by atoms with Crippen LogP contribution in [0.15, 0.2) is 67.3 Å². The molecule has 2 aromatic heterocycles. The number of nitrogens with zero attached hydrogens (tertiary/aromatic N) is 4. The van der Waals surface area contributed by atoms with E-state index in [4.69, 9.17) is 27.9 Å². The number of halogens is 2. The maximum atomic E-state index is 6.67. The third-order valence-corrected chi connectivity index (χ3v) is 5.87. The van der Waals surface area contributed by atoms with Crippen molar-refractivity contribution in [3.05, 3.63) is 94.0 Å². The Hall–Kier alpha value is -3.15. The first-order valence-electron chi connectivity index (χ1n) is 9.03. The minimum absolute atomic E-state index is 0.173. The molecule has 1 aliphatic rings. The molecule has 0 spiro atoms. The van der Waals surface area contributed by atoms with Gasteiger partial charge < -0.3 is 4.74 Å². The average Bonchev–Trinajstić information content (AvgIpc) is 3.23. The minimum atomic E-state index is -0.173. The molecule has 0 N–H and O–H groups in total. The van der Waals surface area contributed by atoms with E-state index in [9.17, 15) is 0 Å². The molecule has 0 fully saturated rings. The van der Waals surface area contributed by atoms with Crippen LogP contribution in [-0.4, -0.2) is 19.6 Å². The summed E-state index contributed by atoms with van der Waals surface area (Å²) in [6.07, 6.45) is 3.13. The van der Waals surface area contributed by atoms with Gasteiger partial charge in [0, 0.05) is 32.3 Å². The van der Waals surface area contributed by atoms with Crippen molar-refractivity contribution in [3.8, 4) is 11.6 Å². The van der Waals surface area contributed by atoms with Crippen molar-refractivity contribution in [2.24, 2.45) is 0 Å². The van der Waals surface area contributed by atoms with Gasteiger partial charge in [-0.2, -0.15) is 5.10 Å². The number of fused-ring (bicyclic) bond motifs is 6. The molecule has 29 heavy (non-hydrogen) atoms. The molecule has 6 rings (SSSR count). The first-order valence-corrected chi connectivity index (χ1v) is 9.79. The lowest BCUT2D eigenvalue weighted by Gasteiger charge is -2.29. The van der Waals surface area contributed by atoms with Gasteiger partial charge in [0.15, 0.2) is 5.65 Å². The molecule has 1 atom stereocenters. The largest absolute Gasteiger partial charge is 0.438 e. The second-order valence-electron chi connectivity index (χ2n) is 6.90. The zero-order chi connectivity index (χ0) is 19.5. The zero-order valence-electron chi connectivity index (χ0n) is 14.9. The molecule has 140 valence electrons. The first kappa shape index (κ1) is 16.8. The third-order valence-electron chi connectivity index (χ3n) is 5.30. The Bertz CT molecular complexity index is 1410. The van der Waals surface area contributed by atoms with Crippen LogP contribution in [0.3, 0.4) is 0 Å². The summed E-state index contributed by atoms with van der Waals surface area (Å²) >= 11 is 12.8. The normalized spacial score (nSPS) is 15.2. The molecule has 0 radical (unpaired) electrons. The van der Waals surface area contributed by atoms with Gasteiger partial charge in [-0.15, -0.1) is 0 Å². The smallest absolute Gasteiger partial charge is 0.228 e. The lowest BCUT2D eigenvalue weighted by Crippen LogP contribution is -2.15. The predicted octanol–water partition coefficient (Wildman–Crippen LogP) is 5.87. The van der Waals surface area contributed by atoms with E-state index >= 15 is 0 Å². The minimum Gasteiger partial charge on any atom is -0.438 e. The van der Waals surface area contributed by atoms with Crippen LogP contribution in [-0.2, 0) is 0 Å². The summed E-state index contributed by atoms with van der Waals surface area (Å²) in [5.74, 6) is 1.10. The molecule has 3 heterocycles. The van der Waals surface area contributed by atoms with Crippen LogP contribution in [0.25, 0.3) is 16.4 Å². The van der Waals surface area contributed by atoms with E-state index in [1.165, 1.54) is 6.33 Å². The Labute approximate surface area is 175 Å². The molecule has 7 heteroatoms. The van der Waals surface area contributed by atoms with Gasteiger partial charge in [0.05, 0.1) is 5.56 Å². The highest BCUT2D eigenvalue weighted by Crippen LogP contribution is 2.51. The molecule has 5 aromatic rings. The molecule has 0 unspecified atom stereocenters. The number of aromatic nitrogens is 4. The van der Waals surface area contributed by atoms with Crippen molar-refractivity contribution >= 4 is 39.6 Å². The Morgan fingerprint density at radius 3 is 2.55 bits per heavy atom. The highest BCUT2D eigenvalue weighted by molar-refractivity contribution is 6.36. The van der Waals surface area contributed by atoms with Gasteiger partial charge in [0.1, 0.15) is 18.4 Å². The summed E-state index contributed by atoms with van der Waals surface area (Å²) in [6.45, 7) is 0. The number of rotatable bonds is 1. The molecular formula is C22H12Cl2N4O. The van der Waals surface area contributed by atoms with E-state index in [1.54, 1.807) is 10.8 Å². The standard InChI is InChI=1S/C22H12Cl2N4O/c23-13-7-5-12(6-8-13)18-16-9-17(24)14-3-1-2-4-15(14)20(16)29-22-19(18)21-25-10-27-28(21)11-26-22/h1-11,18H/t18-/m1/s1. The van der Waals surface area contributed by atoms with Crippen molar-refractivity contribution < 1.29 is 4.74 Å². The molecular weight excluding hydrogens is 407 g/mol. The van der Waals surface area contributed by atoms with Gasteiger partial charge in [-0.3, -0.25) is 0 Å². The maximum absolute atomic E-state index is 6.67. The van der Waals surface area contributed by atoms with Crippen LogP contribution < -0.4 is 4.74 Å². The van der Waals surface area contributed by atoms with E-state index in [-0.39, 0.29) is 5.92 Å². The van der Waals surface area contributed by atoms with Crippen molar-refractivity contribution in [1.82, 2.24) is 19.6 Å². The van der Waals surface area contributed by atoms with Gasteiger partial charge in [0.2, 0.25) is 5.88 Å². The zero-order valence-corrected chi connectivity index (χ0v) is 16.4. The number of hydrogen-bond acceptors (Lipinski definition) is 4. The van der Waals surface area contributed by atoms with Crippen LogP contribution in [0.4, 0.5) is 0 Å². The van der Waals surface area contributed by atoms with E-state index < -0.39 is 0 Å². The quantitative estimate of drug-likeness (QED) is 0.335. The fourth-order valence-electron chi connectivity index (χ4n) is 4.04. The molecule has 0 aliphatic carbocycles. The second kappa shape index (κ2) is 6.17. The van der Waals surface area contributed by atoms with Crippen molar-refractivity contribution in [2.45, 2.75) is 5.92 Å².